The number of amides is 1. The Balaban J connectivity index is 1.95. The van der Waals surface area contributed by atoms with E-state index in [2.05, 4.69) is 24.8 Å². The Bertz CT molecular complexity index is 1180. The van der Waals surface area contributed by atoms with Gasteiger partial charge in [-0.05, 0) is 62.0 Å². The number of aryl methyl sites for hydroxylation is 1. The minimum absolute atomic E-state index is 0.157. The Morgan fingerprint density at radius 3 is 2.25 bits per heavy atom. The van der Waals surface area contributed by atoms with Crippen molar-refractivity contribution >= 4 is 42.6 Å². The molecule has 0 saturated heterocycles. The number of anilines is 1. The fourth-order valence-electron chi connectivity index (χ4n) is 3.34. The number of hydrogen-bond donors (Lipinski definition) is 0. The molecule has 9 heteroatoms. The number of aromatic nitrogens is 1. The predicted octanol–water partition coefficient (Wildman–Crippen LogP) is 3.84. The van der Waals surface area contributed by atoms with Crippen LogP contribution in [0.3, 0.4) is 0 Å². The highest BCUT2D eigenvalue weighted by Gasteiger charge is 2.23. The fraction of sp³-hybridized carbons (Fsp3) is 0.391. The van der Waals surface area contributed by atoms with Crippen LogP contribution in [0.25, 0.3) is 10.2 Å². The van der Waals surface area contributed by atoms with Crippen LogP contribution in [-0.2, 0) is 10.0 Å². The average Bonchev–Trinajstić information content (AvgIpc) is 3.19. The number of sulfonamides is 1. The van der Waals surface area contributed by atoms with E-state index in [4.69, 9.17) is 4.98 Å². The molecule has 3 aromatic rings. The summed E-state index contributed by atoms with van der Waals surface area (Å²) >= 11 is 1.49. The number of carbonyl (C=O) groups is 1. The zero-order chi connectivity index (χ0) is 23.5. The number of nitrogens with zero attached hydrogens (tertiary/aromatic N) is 4. The summed E-state index contributed by atoms with van der Waals surface area (Å²) in [6.07, 6.45) is 0. The molecule has 0 atom stereocenters. The highest BCUT2D eigenvalue weighted by molar-refractivity contribution is 7.89. The Kier molecular flexibility index (Phi) is 7.66. The highest BCUT2D eigenvalue weighted by Crippen LogP contribution is 2.30. The van der Waals surface area contributed by atoms with E-state index in [-0.39, 0.29) is 10.8 Å². The third-order valence-electron chi connectivity index (χ3n) is 5.42. The maximum absolute atomic E-state index is 13.5. The van der Waals surface area contributed by atoms with Crippen molar-refractivity contribution in [3.05, 3.63) is 53.6 Å². The van der Waals surface area contributed by atoms with Crippen LogP contribution in [0.2, 0.25) is 0 Å². The van der Waals surface area contributed by atoms with Crippen LogP contribution in [-0.4, -0.2) is 68.8 Å². The van der Waals surface area contributed by atoms with E-state index >= 15 is 0 Å². The first kappa shape index (κ1) is 24.3. The van der Waals surface area contributed by atoms with Gasteiger partial charge in [-0.25, -0.2) is 17.7 Å². The summed E-state index contributed by atoms with van der Waals surface area (Å²) in [4.78, 5) is 22.3. The van der Waals surface area contributed by atoms with Gasteiger partial charge in [0.1, 0.15) is 0 Å². The maximum Gasteiger partial charge on any atom is 0.260 e. The highest BCUT2D eigenvalue weighted by atomic mass is 32.2. The number of likely N-dealkylation sites (N-methyl/N-ethyl adjacent to an activating group) is 1. The molecule has 0 aliphatic heterocycles. The van der Waals surface area contributed by atoms with Crippen LogP contribution < -0.4 is 4.90 Å². The molecule has 0 spiro atoms. The van der Waals surface area contributed by atoms with Gasteiger partial charge in [0.05, 0.1) is 15.1 Å². The molecule has 0 saturated carbocycles. The molecule has 1 heterocycles. The van der Waals surface area contributed by atoms with Gasteiger partial charge in [-0.15, -0.1) is 0 Å². The first-order valence-electron chi connectivity index (χ1n) is 10.6. The van der Waals surface area contributed by atoms with Gasteiger partial charge < -0.3 is 4.90 Å². The summed E-state index contributed by atoms with van der Waals surface area (Å²) in [6.45, 7) is 9.24. The quantitative estimate of drug-likeness (QED) is 0.471. The van der Waals surface area contributed by atoms with Crippen LogP contribution >= 0.6 is 11.3 Å². The molecular formula is C23H30N4O3S2. The van der Waals surface area contributed by atoms with E-state index in [0.717, 1.165) is 39.7 Å². The summed E-state index contributed by atoms with van der Waals surface area (Å²) in [7, 11) is -0.581. The number of hydrogen-bond acceptors (Lipinski definition) is 6. The second kappa shape index (κ2) is 10.1. The van der Waals surface area contributed by atoms with Gasteiger partial charge in [0, 0.05) is 32.7 Å². The SMILES string of the molecule is CCN(CC)CCN(C(=O)c1ccc(S(=O)(=O)N(C)C)cc1)c1nc2ccc(C)cc2s1. The summed E-state index contributed by atoms with van der Waals surface area (Å²) in [6, 6.07) is 12.2. The summed E-state index contributed by atoms with van der Waals surface area (Å²) < 4.78 is 26.9. The zero-order valence-electron chi connectivity index (χ0n) is 19.2. The number of thiazole rings is 1. The molecule has 172 valence electrons. The molecule has 1 amide bonds. The standard InChI is InChI=1S/C23H30N4O3S2/c1-6-26(7-2)14-15-27(23-24-20-13-8-17(3)16-21(20)31-23)22(28)18-9-11-19(12-10-18)32(29,30)25(4)5/h8-13,16H,6-7,14-15H2,1-5H3. The van der Waals surface area contributed by atoms with E-state index in [1.54, 1.807) is 17.0 Å². The molecule has 0 radical (unpaired) electrons. The molecule has 1 aromatic heterocycles. The van der Waals surface area contributed by atoms with E-state index in [1.165, 1.54) is 37.6 Å². The van der Waals surface area contributed by atoms with E-state index < -0.39 is 10.0 Å². The second-order valence-corrected chi connectivity index (χ2v) is 10.9. The zero-order valence-corrected chi connectivity index (χ0v) is 20.8. The lowest BCUT2D eigenvalue weighted by atomic mass is 10.2. The van der Waals surface area contributed by atoms with Crippen molar-refractivity contribution in [2.75, 3.05) is 45.2 Å². The van der Waals surface area contributed by atoms with E-state index in [9.17, 15) is 13.2 Å². The Morgan fingerprint density at radius 2 is 1.66 bits per heavy atom. The molecule has 32 heavy (non-hydrogen) atoms. The molecule has 0 bridgehead atoms. The smallest absolute Gasteiger partial charge is 0.260 e. The number of benzene rings is 2. The molecule has 0 N–H and O–H groups in total. The molecular weight excluding hydrogens is 444 g/mol. The van der Waals surface area contributed by atoms with Gasteiger partial charge in [0.15, 0.2) is 5.13 Å². The van der Waals surface area contributed by atoms with Gasteiger partial charge in [-0.2, -0.15) is 0 Å². The Morgan fingerprint density at radius 1 is 1.00 bits per heavy atom. The van der Waals surface area contributed by atoms with Gasteiger partial charge in [-0.1, -0.05) is 31.3 Å². The van der Waals surface area contributed by atoms with Gasteiger partial charge in [0.2, 0.25) is 10.0 Å². The third-order valence-corrected chi connectivity index (χ3v) is 8.29. The summed E-state index contributed by atoms with van der Waals surface area (Å²) in [5.74, 6) is -0.193. The minimum Gasteiger partial charge on any atom is -0.302 e. The van der Waals surface area contributed by atoms with Crippen LogP contribution in [0.4, 0.5) is 5.13 Å². The third kappa shape index (κ3) is 5.17. The fourth-order valence-corrected chi connectivity index (χ4v) is 5.33. The van der Waals surface area contributed by atoms with Crippen LogP contribution in [0.15, 0.2) is 47.4 Å². The minimum atomic E-state index is -3.55. The lowest BCUT2D eigenvalue weighted by Crippen LogP contribution is -2.38. The van der Waals surface area contributed by atoms with Crippen molar-refractivity contribution in [2.45, 2.75) is 25.7 Å². The van der Waals surface area contributed by atoms with Crippen molar-refractivity contribution in [3.8, 4) is 0 Å². The normalized spacial score (nSPS) is 12.1. The van der Waals surface area contributed by atoms with Crippen molar-refractivity contribution in [3.63, 3.8) is 0 Å². The molecule has 2 aromatic carbocycles. The average molecular weight is 475 g/mol. The van der Waals surface area contributed by atoms with E-state index in [0.29, 0.717) is 17.2 Å². The second-order valence-electron chi connectivity index (χ2n) is 7.76. The lowest BCUT2D eigenvalue weighted by Gasteiger charge is -2.24. The molecule has 0 unspecified atom stereocenters. The van der Waals surface area contributed by atoms with Crippen molar-refractivity contribution in [1.29, 1.82) is 0 Å². The molecule has 0 fully saturated rings. The first-order valence-corrected chi connectivity index (χ1v) is 12.9. The van der Waals surface area contributed by atoms with E-state index in [1.807, 2.05) is 19.1 Å². The van der Waals surface area contributed by atoms with Crippen LogP contribution in [0.1, 0.15) is 29.8 Å². The van der Waals surface area contributed by atoms with Crippen LogP contribution in [0.5, 0.6) is 0 Å². The molecule has 0 aliphatic rings. The van der Waals surface area contributed by atoms with Gasteiger partial charge >= 0.3 is 0 Å². The molecule has 0 aliphatic carbocycles. The maximum atomic E-state index is 13.5. The lowest BCUT2D eigenvalue weighted by molar-refractivity contribution is 0.0983. The monoisotopic (exact) mass is 474 g/mol. The number of carbonyl (C=O) groups excluding carboxylic acids is 1. The molecule has 3 rings (SSSR count). The largest absolute Gasteiger partial charge is 0.302 e. The Labute approximate surface area is 194 Å². The van der Waals surface area contributed by atoms with Crippen molar-refractivity contribution in [1.82, 2.24) is 14.2 Å². The summed E-state index contributed by atoms with van der Waals surface area (Å²) in [5, 5.41) is 0.646. The van der Waals surface area contributed by atoms with Gasteiger partial charge in [-0.3, -0.25) is 9.69 Å². The first-order chi connectivity index (χ1) is 15.2. The summed E-state index contributed by atoms with van der Waals surface area (Å²) in [5.41, 5.74) is 2.44. The Hall–Kier alpha value is -2.33. The van der Waals surface area contributed by atoms with Crippen LogP contribution in [0, 0.1) is 6.92 Å². The van der Waals surface area contributed by atoms with Crippen molar-refractivity contribution < 1.29 is 13.2 Å². The van der Waals surface area contributed by atoms with Gasteiger partial charge in [0.25, 0.3) is 5.91 Å². The topological polar surface area (TPSA) is 73.8 Å². The predicted molar refractivity (Wildman–Crippen MR) is 131 cm³/mol. The number of rotatable bonds is 9. The molecule has 7 nitrogen and oxygen atoms in total. The number of fused-ring (bicyclic) bond motifs is 1. The van der Waals surface area contributed by atoms with Crippen molar-refractivity contribution in [2.24, 2.45) is 0 Å².